The molecular formula is C12H9N3S. The summed E-state index contributed by atoms with van der Waals surface area (Å²) in [4.78, 5) is 1.66. The highest BCUT2D eigenvalue weighted by Gasteiger charge is 2.04. The molecule has 0 saturated carbocycles. The van der Waals surface area contributed by atoms with Crippen LogP contribution in [0.15, 0.2) is 54.0 Å². The summed E-state index contributed by atoms with van der Waals surface area (Å²) in [6.07, 6.45) is 1.79. The van der Waals surface area contributed by atoms with Gasteiger partial charge in [-0.25, -0.2) is 0 Å². The Hall–Kier alpha value is -1.94. The van der Waals surface area contributed by atoms with Crippen LogP contribution in [0.1, 0.15) is 0 Å². The highest BCUT2D eigenvalue weighted by Crippen LogP contribution is 2.18. The summed E-state index contributed by atoms with van der Waals surface area (Å²) in [5.74, 6) is 0. The van der Waals surface area contributed by atoms with Gasteiger partial charge in [0.05, 0.1) is 6.20 Å². The van der Waals surface area contributed by atoms with E-state index in [1.54, 1.807) is 22.3 Å². The van der Waals surface area contributed by atoms with E-state index in [0.29, 0.717) is 0 Å². The summed E-state index contributed by atoms with van der Waals surface area (Å²) in [6, 6.07) is 14.0. The Kier molecular flexibility index (Phi) is 2.27. The van der Waals surface area contributed by atoms with E-state index in [-0.39, 0.29) is 0 Å². The molecule has 3 rings (SSSR count). The van der Waals surface area contributed by atoms with Gasteiger partial charge in [0, 0.05) is 5.56 Å². The molecule has 0 aliphatic carbocycles. The summed E-state index contributed by atoms with van der Waals surface area (Å²) in [5, 5.41) is 11.7. The molecule has 0 amide bonds. The minimum Gasteiger partial charge on any atom is -0.155 e. The number of thiophene rings is 1. The lowest BCUT2D eigenvalue weighted by Crippen LogP contribution is -1.94. The first-order valence-electron chi connectivity index (χ1n) is 4.95. The molecule has 2 aromatic heterocycles. The van der Waals surface area contributed by atoms with E-state index in [1.165, 1.54) is 0 Å². The Bertz CT molecular complexity index is 569. The van der Waals surface area contributed by atoms with Crippen molar-refractivity contribution in [3.8, 4) is 16.3 Å². The zero-order chi connectivity index (χ0) is 10.8. The third-order valence-electron chi connectivity index (χ3n) is 2.26. The Morgan fingerprint density at radius 1 is 1.00 bits per heavy atom. The van der Waals surface area contributed by atoms with E-state index in [2.05, 4.69) is 10.2 Å². The number of hydrogen-bond acceptors (Lipinski definition) is 3. The molecule has 0 fully saturated rings. The molecule has 78 valence electrons. The molecule has 3 nitrogen and oxygen atoms in total. The van der Waals surface area contributed by atoms with Crippen LogP contribution in [-0.4, -0.2) is 15.0 Å². The number of benzene rings is 1. The largest absolute Gasteiger partial charge is 0.155 e. The smallest absolute Gasteiger partial charge is 0.138 e. The Labute approximate surface area is 97.0 Å². The van der Waals surface area contributed by atoms with Crippen molar-refractivity contribution in [2.45, 2.75) is 0 Å². The van der Waals surface area contributed by atoms with Crippen LogP contribution in [-0.2, 0) is 0 Å². The van der Waals surface area contributed by atoms with Gasteiger partial charge >= 0.3 is 0 Å². The summed E-state index contributed by atoms with van der Waals surface area (Å²) in [5.41, 5.74) is 1.99. The normalized spacial score (nSPS) is 10.5. The minimum absolute atomic E-state index is 0.897. The molecule has 0 aliphatic heterocycles. The second kappa shape index (κ2) is 3.90. The fourth-order valence-electron chi connectivity index (χ4n) is 1.49. The van der Waals surface area contributed by atoms with Crippen LogP contribution in [0.4, 0.5) is 0 Å². The van der Waals surface area contributed by atoms with Gasteiger partial charge in [-0.05, 0) is 17.5 Å². The van der Waals surface area contributed by atoms with Crippen molar-refractivity contribution in [2.24, 2.45) is 0 Å². The first-order chi connectivity index (χ1) is 7.93. The molecule has 0 saturated heterocycles. The van der Waals surface area contributed by atoms with Gasteiger partial charge in [-0.1, -0.05) is 30.3 Å². The highest BCUT2D eigenvalue weighted by atomic mass is 32.1. The lowest BCUT2D eigenvalue weighted by Gasteiger charge is -1.94. The van der Waals surface area contributed by atoms with Gasteiger partial charge in [0.2, 0.25) is 0 Å². The van der Waals surface area contributed by atoms with Gasteiger partial charge in [-0.2, -0.15) is 5.10 Å². The predicted octanol–water partition coefficient (Wildman–Crippen LogP) is 3.00. The second-order valence-corrected chi connectivity index (χ2v) is 4.26. The molecule has 16 heavy (non-hydrogen) atoms. The fraction of sp³-hybridized carbons (Fsp3) is 0. The maximum absolute atomic E-state index is 4.44. The van der Waals surface area contributed by atoms with Crippen LogP contribution in [0, 0.1) is 0 Å². The molecule has 1 aromatic carbocycles. The van der Waals surface area contributed by atoms with E-state index >= 15 is 0 Å². The molecule has 3 aromatic rings. The van der Waals surface area contributed by atoms with E-state index in [0.717, 1.165) is 16.3 Å². The number of hydrogen-bond donors (Lipinski definition) is 0. The van der Waals surface area contributed by atoms with E-state index < -0.39 is 0 Å². The first kappa shape index (κ1) is 9.30. The lowest BCUT2D eigenvalue weighted by molar-refractivity contribution is 0.767. The lowest BCUT2D eigenvalue weighted by atomic mass is 10.2. The van der Waals surface area contributed by atoms with E-state index in [4.69, 9.17) is 0 Å². The predicted molar refractivity (Wildman–Crippen MR) is 64.7 cm³/mol. The highest BCUT2D eigenvalue weighted by molar-refractivity contribution is 7.12. The monoisotopic (exact) mass is 227 g/mol. The zero-order valence-electron chi connectivity index (χ0n) is 8.45. The Morgan fingerprint density at radius 2 is 1.88 bits per heavy atom. The van der Waals surface area contributed by atoms with Crippen LogP contribution in [0.25, 0.3) is 16.3 Å². The molecule has 0 atom stereocenters. The van der Waals surface area contributed by atoms with Crippen molar-refractivity contribution in [3.05, 3.63) is 54.0 Å². The van der Waals surface area contributed by atoms with Crippen molar-refractivity contribution < 1.29 is 0 Å². The first-order valence-corrected chi connectivity index (χ1v) is 5.83. The van der Waals surface area contributed by atoms with Crippen molar-refractivity contribution in [1.29, 1.82) is 0 Å². The molecule has 0 spiro atoms. The van der Waals surface area contributed by atoms with Crippen molar-refractivity contribution in [1.82, 2.24) is 15.0 Å². The molecule has 0 bridgehead atoms. The zero-order valence-corrected chi connectivity index (χ0v) is 9.26. The molecular weight excluding hydrogens is 218 g/mol. The number of aromatic nitrogens is 3. The number of nitrogens with zero attached hydrogens (tertiary/aromatic N) is 3. The van der Waals surface area contributed by atoms with Crippen LogP contribution in [0.2, 0.25) is 0 Å². The maximum atomic E-state index is 4.44. The quantitative estimate of drug-likeness (QED) is 0.673. The summed E-state index contributed by atoms with van der Waals surface area (Å²) in [6.45, 7) is 0. The molecule has 0 aliphatic rings. The van der Waals surface area contributed by atoms with Crippen molar-refractivity contribution >= 4 is 11.3 Å². The van der Waals surface area contributed by atoms with Crippen molar-refractivity contribution in [2.75, 3.05) is 0 Å². The number of rotatable bonds is 2. The topological polar surface area (TPSA) is 30.7 Å². The van der Waals surface area contributed by atoms with E-state index in [9.17, 15) is 0 Å². The molecule has 0 radical (unpaired) electrons. The van der Waals surface area contributed by atoms with E-state index in [1.807, 2.05) is 47.8 Å². The maximum Gasteiger partial charge on any atom is 0.138 e. The van der Waals surface area contributed by atoms with Gasteiger partial charge < -0.3 is 0 Å². The molecule has 0 unspecified atom stereocenters. The third kappa shape index (κ3) is 1.63. The minimum atomic E-state index is 0.897. The summed E-state index contributed by atoms with van der Waals surface area (Å²) in [7, 11) is 0. The van der Waals surface area contributed by atoms with Gasteiger partial charge in [-0.15, -0.1) is 21.2 Å². The molecule has 2 heterocycles. The van der Waals surface area contributed by atoms with Crippen molar-refractivity contribution in [3.63, 3.8) is 0 Å². The second-order valence-electron chi connectivity index (χ2n) is 3.34. The third-order valence-corrected chi connectivity index (χ3v) is 3.10. The summed E-state index contributed by atoms with van der Waals surface area (Å²) < 4.78 is 0. The van der Waals surface area contributed by atoms with Gasteiger partial charge in [-0.3, -0.25) is 0 Å². The average Bonchev–Trinajstić information content (AvgIpc) is 3.01. The standard InChI is InChI=1S/C12H9N3S/c1-2-5-10(6-3-1)11-9-13-15(14-11)12-7-4-8-16-12/h1-9H. The van der Waals surface area contributed by atoms with Crippen LogP contribution in [0.5, 0.6) is 0 Å². The van der Waals surface area contributed by atoms with Gasteiger partial charge in [0.25, 0.3) is 0 Å². The molecule has 4 heteroatoms. The Morgan fingerprint density at radius 3 is 2.62 bits per heavy atom. The molecule has 0 N–H and O–H groups in total. The van der Waals surface area contributed by atoms with Crippen LogP contribution >= 0.6 is 11.3 Å². The Balaban J connectivity index is 2.00. The van der Waals surface area contributed by atoms with Crippen LogP contribution in [0.3, 0.4) is 0 Å². The van der Waals surface area contributed by atoms with Gasteiger partial charge in [0.15, 0.2) is 0 Å². The average molecular weight is 227 g/mol. The van der Waals surface area contributed by atoms with Crippen LogP contribution < -0.4 is 0 Å². The van der Waals surface area contributed by atoms with Gasteiger partial charge in [0.1, 0.15) is 10.7 Å². The SMILES string of the molecule is c1ccc(-c2cnn(-c3cccs3)n2)cc1. The fourth-order valence-corrected chi connectivity index (χ4v) is 2.13. The summed E-state index contributed by atoms with van der Waals surface area (Å²) >= 11 is 1.62.